The minimum absolute atomic E-state index is 0.147. The summed E-state index contributed by atoms with van der Waals surface area (Å²) in [5, 5.41) is 11.8. The zero-order valence-electron chi connectivity index (χ0n) is 54.2. The van der Waals surface area contributed by atoms with Crippen LogP contribution in [0.5, 0.6) is 0 Å². The predicted octanol–water partition coefficient (Wildman–Crippen LogP) is 20.0. The van der Waals surface area contributed by atoms with Crippen LogP contribution < -0.4 is 5.11 Å². The van der Waals surface area contributed by atoms with Gasteiger partial charge in [-0.25, -0.2) is 0 Å². The first-order valence-electron chi connectivity index (χ1n) is 34.8. The highest BCUT2D eigenvalue weighted by Crippen LogP contribution is 2.18. The van der Waals surface area contributed by atoms with Gasteiger partial charge >= 0.3 is 11.9 Å². The van der Waals surface area contributed by atoms with Crippen LogP contribution in [0.3, 0.4) is 0 Å². The Balaban J connectivity index is 4.07. The standard InChI is InChI=1S/C72H133NO8/c1-6-8-10-12-14-16-18-20-22-24-26-28-30-31-32-33-34-35-36-37-38-39-41-42-44-46-48-50-52-54-56-58-60-62-69(74)79-66-68(67-80-72(71(76)77)78-65-64-73(3,4)5)81-70(75)63-61-59-57-55-53-51-49-47-45-43-40-29-27-25-23-21-19-17-15-13-11-9-7-2/h19,21,24-27,40,43,68,72H,6-18,20,22-23,28-39,41-42,44-67H2,1-5H3/b21-19-,26-24-,27-25-,43-40-. The first-order valence-corrected chi connectivity index (χ1v) is 34.8. The number of esters is 2. The molecular weight excluding hydrogens is 1010 g/mol. The number of hydrogen-bond donors (Lipinski definition) is 0. The van der Waals surface area contributed by atoms with E-state index in [2.05, 4.69) is 62.5 Å². The van der Waals surface area contributed by atoms with Gasteiger partial charge in [0.2, 0.25) is 0 Å². The van der Waals surface area contributed by atoms with Crippen LogP contribution in [0.15, 0.2) is 48.6 Å². The van der Waals surface area contributed by atoms with Gasteiger partial charge in [-0.15, -0.1) is 0 Å². The SMILES string of the molecule is CCCCCCC/C=C\C/C=C\C/C=C\CCCCCCCCCCC(=O)OC(COC(=O)CCCCCCCCCCCCCCCCCCCCCCC/C=C\CCCCCCCCCC)COC(OCC[N+](C)(C)C)C(=O)[O-]. The van der Waals surface area contributed by atoms with Crippen LogP contribution in [0, 0.1) is 0 Å². The van der Waals surface area contributed by atoms with Crippen molar-refractivity contribution in [3.05, 3.63) is 48.6 Å². The van der Waals surface area contributed by atoms with E-state index in [1.807, 2.05) is 21.1 Å². The number of carbonyl (C=O) groups is 3. The largest absolute Gasteiger partial charge is 0.545 e. The van der Waals surface area contributed by atoms with Crippen molar-refractivity contribution in [2.45, 2.75) is 347 Å². The Labute approximate surface area is 502 Å². The molecule has 0 spiro atoms. The number of nitrogens with zero attached hydrogens (tertiary/aromatic N) is 1. The molecule has 9 heteroatoms. The number of carbonyl (C=O) groups excluding carboxylic acids is 3. The molecule has 0 aromatic heterocycles. The monoisotopic (exact) mass is 1140 g/mol. The summed E-state index contributed by atoms with van der Waals surface area (Å²) in [6.45, 7) is 4.78. The van der Waals surface area contributed by atoms with Crippen molar-refractivity contribution in [1.82, 2.24) is 0 Å². The van der Waals surface area contributed by atoms with E-state index in [9.17, 15) is 19.5 Å². The molecule has 81 heavy (non-hydrogen) atoms. The van der Waals surface area contributed by atoms with Crippen LogP contribution in [0.2, 0.25) is 0 Å². The molecular formula is C72H133NO8. The fourth-order valence-corrected chi connectivity index (χ4v) is 10.2. The number of rotatable bonds is 65. The number of quaternary nitrogens is 1. The summed E-state index contributed by atoms with van der Waals surface area (Å²) in [5.41, 5.74) is 0. The maximum Gasteiger partial charge on any atom is 0.306 e. The average Bonchev–Trinajstić information content (AvgIpc) is 3.44. The van der Waals surface area contributed by atoms with E-state index in [1.165, 1.54) is 244 Å². The highest BCUT2D eigenvalue weighted by molar-refractivity contribution is 5.70. The van der Waals surface area contributed by atoms with Crippen LogP contribution in [0.1, 0.15) is 335 Å². The molecule has 0 aliphatic heterocycles. The molecule has 0 fully saturated rings. The van der Waals surface area contributed by atoms with Crippen molar-refractivity contribution in [3.63, 3.8) is 0 Å². The first-order chi connectivity index (χ1) is 39.6. The molecule has 0 aliphatic rings. The minimum atomic E-state index is -1.62. The van der Waals surface area contributed by atoms with Crippen LogP contribution in [-0.2, 0) is 33.3 Å². The number of carboxylic acids is 1. The lowest BCUT2D eigenvalue weighted by Gasteiger charge is -2.26. The summed E-state index contributed by atoms with van der Waals surface area (Å²) < 4.78 is 22.8. The number of hydrogen-bond acceptors (Lipinski definition) is 8. The molecule has 0 N–H and O–H groups in total. The molecule has 2 unspecified atom stereocenters. The lowest BCUT2D eigenvalue weighted by atomic mass is 10.0. The van der Waals surface area contributed by atoms with Crippen LogP contribution in [-0.4, -0.2) is 82.3 Å². The van der Waals surface area contributed by atoms with Gasteiger partial charge in [-0.2, -0.15) is 0 Å². The van der Waals surface area contributed by atoms with Gasteiger partial charge in [0.25, 0.3) is 0 Å². The fraction of sp³-hybridized carbons (Fsp3) is 0.847. The molecule has 0 aliphatic carbocycles. The number of ether oxygens (including phenoxy) is 4. The van der Waals surface area contributed by atoms with Crippen molar-refractivity contribution in [2.75, 3.05) is 47.5 Å². The number of carboxylic acid groups (broad SMARTS) is 1. The normalized spacial score (nSPS) is 13.0. The van der Waals surface area contributed by atoms with E-state index in [0.29, 0.717) is 23.9 Å². The Bertz CT molecular complexity index is 1470. The molecule has 0 saturated heterocycles. The Morgan fingerprint density at radius 1 is 0.370 bits per heavy atom. The van der Waals surface area contributed by atoms with Gasteiger partial charge in [-0.1, -0.05) is 294 Å². The van der Waals surface area contributed by atoms with Gasteiger partial charge in [0.15, 0.2) is 12.4 Å². The van der Waals surface area contributed by atoms with E-state index >= 15 is 0 Å². The molecule has 0 radical (unpaired) electrons. The van der Waals surface area contributed by atoms with Crippen molar-refractivity contribution in [2.24, 2.45) is 0 Å². The fourth-order valence-electron chi connectivity index (χ4n) is 10.2. The second kappa shape index (κ2) is 63.3. The third-order valence-corrected chi connectivity index (χ3v) is 15.5. The zero-order chi connectivity index (χ0) is 59.1. The molecule has 0 aromatic carbocycles. The summed E-state index contributed by atoms with van der Waals surface area (Å²) in [6.07, 6.45) is 77.7. The lowest BCUT2D eigenvalue weighted by Crippen LogP contribution is -2.44. The van der Waals surface area contributed by atoms with Gasteiger partial charge in [0.05, 0.1) is 40.3 Å². The molecule has 0 amide bonds. The van der Waals surface area contributed by atoms with E-state index in [1.54, 1.807) is 0 Å². The zero-order valence-corrected chi connectivity index (χ0v) is 54.2. The average molecular weight is 1140 g/mol. The molecule has 0 rings (SSSR count). The van der Waals surface area contributed by atoms with E-state index < -0.39 is 24.3 Å². The molecule has 0 aromatic rings. The van der Waals surface area contributed by atoms with Gasteiger partial charge in [-0.05, 0) is 77.0 Å². The minimum Gasteiger partial charge on any atom is -0.545 e. The van der Waals surface area contributed by atoms with Crippen molar-refractivity contribution >= 4 is 17.9 Å². The predicted molar refractivity (Wildman–Crippen MR) is 343 cm³/mol. The molecule has 474 valence electrons. The van der Waals surface area contributed by atoms with Gasteiger partial charge in [-0.3, -0.25) is 9.59 Å². The quantitative estimate of drug-likeness (QED) is 0.0195. The Kier molecular flexibility index (Phi) is 61.1. The van der Waals surface area contributed by atoms with Gasteiger partial charge < -0.3 is 33.3 Å². The Hall–Kier alpha value is -2.75. The first kappa shape index (κ1) is 78.2. The smallest absolute Gasteiger partial charge is 0.306 e. The van der Waals surface area contributed by atoms with Crippen molar-refractivity contribution < 1.29 is 42.9 Å². The number of unbranched alkanes of at least 4 members (excludes halogenated alkanes) is 42. The topological polar surface area (TPSA) is 111 Å². The highest BCUT2D eigenvalue weighted by Gasteiger charge is 2.22. The number of allylic oxidation sites excluding steroid dienone is 8. The molecule has 0 saturated carbocycles. The van der Waals surface area contributed by atoms with Crippen LogP contribution in [0.4, 0.5) is 0 Å². The number of likely N-dealkylation sites (N-methyl/N-ethyl adjacent to an activating group) is 1. The highest BCUT2D eigenvalue weighted by atomic mass is 16.7. The van der Waals surface area contributed by atoms with Crippen LogP contribution >= 0.6 is 0 Å². The van der Waals surface area contributed by atoms with E-state index in [4.69, 9.17) is 18.9 Å². The van der Waals surface area contributed by atoms with Crippen molar-refractivity contribution in [3.8, 4) is 0 Å². The third kappa shape index (κ3) is 64.7. The summed E-state index contributed by atoms with van der Waals surface area (Å²) in [4.78, 5) is 37.4. The molecule has 0 heterocycles. The molecule has 9 nitrogen and oxygen atoms in total. The lowest BCUT2D eigenvalue weighted by molar-refractivity contribution is -0.870. The molecule has 0 bridgehead atoms. The van der Waals surface area contributed by atoms with Gasteiger partial charge in [0.1, 0.15) is 13.2 Å². The second-order valence-electron chi connectivity index (χ2n) is 24.8. The second-order valence-corrected chi connectivity index (χ2v) is 24.8. The van der Waals surface area contributed by atoms with Crippen molar-refractivity contribution in [1.29, 1.82) is 0 Å². The summed E-state index contributed by atoms with van der Waals surface area (Å²) in [5.74, 6) is -2.27. The van der Waals surface area contributed by atoms with E-state index in [0.717, 1.165) is 57.8 Å². The summed E-state index contributed by atoms with van der Waals surface area (Å²) >= 11 is 0. The molecule has 2 atom stereocenters. The number of aliphatic carboxylic acids is 1. The summed E-state index contributed by atoms with van der Waals surface area (Å²) in [7, 11) is 5.93. The van der Waals surface area contributed by atoms with Gasteiger partial charge in [0, 0.05) is 12.8 Å². The maximum atomic E-state index is 12.9. The van der Waals surface area contributed by atoms with Crippen LogP contribution in [0.25, 0.3) is 0 Å². The Morgan fingerprint density at radius 2 is 0.667 bits per heavy atom. The van der Waals surface area contributed by atoms with E-state index in [-0.39, 0.29) is 32.2 Å². The maximum absolute atomic E-state index is 12.9. The third-order valence-electron chi connectivity index (χ3n) is 15.5. The summed E-state index contributed by atoms with van der Waals surface area (Å²) in [6, 6.07) is 0. The Morgan fingerprint density at radius 3 is 1.00 bits per heavy atom.